The molecule has 0 saturated carbocycles. The summed E-state index contributed by atoms with van der Waals surface area (Å²) in [6.45, 7) is 16.4. The molecule has 0 unspecified atom stereocenters. The first-order valence-corrected chi connectivity index (χ1v) is 5.18. The molecule has 0 aliphatic heterocycles. The van der Waals surface area contributed by atoms with Crippen molar-refractivity contribution in [1.82, 2.24) is 0 Å². The number of allylic oxidation sites excluding steroid dienone is 2. The van der Waals surface area contributed by atoms with Crippen LogP contribution in [0.5, 0.6) is 0 Å². The number of thiophene rings is 1. The number of hydrogen-bond donors (Lipinski definition) is 0. The summed E-state index contributed by atoms with van der Waals surface area (Å²) in [5, 5.41) is 0. The van der Waals surface area contributed by atoms with E-state index in [1.54, 1.807) is 11.3 Å². The molecule has 0 aromatic carbocycles. The zero-order chi connectivity index (χ0) is 10.2. The van der Waals surface area contributed by atoms with Crippen molar-refractivity contribution < 1.29 is 0 Å². The van der Waals surface area contributed by atoms with E-state index in [0.29, 0.717) is 0 Å². The lowest BCUT2D eigenvalue weighted by Gasteiger charge is -1.96. The molecule has 1 aromatic rings. The molecule has 0 bridgehead atoms. The van der Waals surface area contributed by atoms with Crippen molar-refractivity contribution in [1.29, 1.82) is 0 Å². The molecule has 1 heterocycles. The molecule has 0 spiro atoms. The van der Waals surface area contributed by atoms with Gasteiger partial charge in [0.1, 0.15) is 0 Å². The number of rotatable bonds is 2. The Morgan fingerprint density at radius 2 is 1.23 bits per heavy atom. The molecule has 1 rings (SSSR count). The maximum absolute atomic E-state index is 3.98. The summed E-state index contributed by atoms with van der Waals surface area (Å²) in [6.07, 6.45) is 0. The monoisotopic (exact) mass is 192 g/mol. The van der Waals surface area contributed by atoms with Crippen LogP contribution in [0.4, 0.5) is 0 Å². The van der Waals surface area contributed by atoms with E-state index in [9.17, 15) is 0 Å². The van der Waals surface area contributed by atoms with Crippen LogP contribution in [-0.4, -0.2) is 0 Å². The van der Waals surface area contributed by atoms with Gasteiger partial charge in [-0.3, -0.25) is 0 Å². The highest BCUT2D eigenvalue weighted by Crippen LogP contribution is 2.35. The maximum Gasteiger partial charge on any atom is 0.0332 e. The predicted molar refractivity (Wildman–Crippen MR) is 63.2 cm³/mol. The Bertz CT molecular complexity index is 332. The summed E-state index contributed by atoms with van der Waals surface area (Å²) in [7, 11) is 0. The zero-order valence-electron chi connectivity index (χ0n) is 8.82. The minimum atomic E-state index is 1.15. The molecule has 0 radical (unpaired) electrons. The van der Waals surface area contributed by atoms with E-state index >= 15 is 0 Å². The first kappa shape index (κ1) is 10.3. The van der Waals surface area contributed by atoms with Gasteiger partial charge in [0.05, 0.1) is 0 Å². The fourth-order valence-corrected chi connectivity index (χ4v) is 2.58. The largest absolute Gasteiger partial charge is 0.135 e. The zero-order valence-corrected chi connectivity index (χ0v) is 9.64. The van der Waals surface area contributed by atoms with Gasteiger partial charge in [0.2, 0.25) is 0 Å². The SMILES string of the molecule is C=C(C)c1sc(C(=C)C)c(C)c1C. The van der Waals surface area contributed by atoms with Crippen LogP contribution in [0.1, 0.15) is 34.7 Å². The van der Waals surface area contributed by atoms with Gasteiger partial charge in [-0.2, -0.15) is 0 Å². The molecule has 0 aliphatic carbocycles. The third-order valence-corrected chi connectivity index (χ3v) is 3.94. The molecule has 13 heavy (non-hydrogen) atoms. The van der Waals surface area contributed by atoms with Crippen molar-refractivity contribution in [3.8, 4) is 0 Å². The molecule has 0 amide bonds. The second kappa shape index (κ2) is 3.51. The first-order chi connectivity index (χ1) is 5.95. The summed E-state index contributed by atoms with van der Waals surface area (Å²) in [6, 6.07) is 0. The van der Waals surface area contributed by atoms with Gasteiger partial charge in [-0.05, 0) is 50.0 Å². The molecule has 0 aliphatic rings. The van der Waals surface area contributed by atoms with Crippen molar-refractivity contribution in [2.45, 2.75) is 27.7 Å². The van der Waals surface area contributed by atoms with Gasteiger partial charge in [0.15, 0.2) is 0 Å². The van der Waals surface area contributed by atoms with Crippen molar-refractivity contribution in [2.24, 2.45) is 0 Å². The minimum absolute atomic E-state index is 1.15. The van der Waals surface area contributed by atoms with E-state index in [1.165, 1.54) is 20.9 Å². The molecule has 1 heteroatoms. The molecule has 70 valence electrons. The van der Waals surface area contributed by atoms with Crippen molar-refractivity contribution in [3.63, 3.8) is 0 Å². The average Bonchev–Trinajstić information content (AvgIpc) is 2.29. The fraction of sp³-hybridized carbons (Fsp3) is 0.333. The molecular weight excluding hydrogens is 176 g/mol. The topological polar surface area (TPSA) is 0 Å². The van der Waals surface area contributed by atoms with Crippen molar-refractivity contribution >= 4 is 22.5 Å². The lowest BCUT2D eigenvalue weighted by molar-refractivity contribution is 1.37. The van der Waals surface area contributed by atoms with Gasteiger partial charge in [-0.25, -0.2) is 0 Å². The second-order valence-corrected chi connectivity index (χ2v) is 4.59. The summed E-state index contributed by atoms with van der Waals surface area (Å²) in [5.41, 5.74) is 5.02. The summed E-state index contributed by atoms with van der Waals surface area (Å²) < 4.78 is 0. The third-order valence-electron chi connectivity index (χ3n) is 2.22. The Morgan fingerprint density at radius 3 is 1.38 bits per heavy atom. The Kier molecular flexibility index (Phi) is 2.77. The van der Waals surface area contributed by atoms with Crippen LogP contribution in [0.15, 0.2) is 13.2 Å². The van der Waals surface area contributed by atoms with Crippen LogP contribution in [-0.2, 0) is 0 Å². The summed E-state index contributed by atoms with van der Waals surface area (Å²) in [5.74, 6) is 0. The van der Waals surface area contributed by atoms with Crippen molar-refractivity contribution in [2.75, 3.05) is 0 Å². The first-order valence-electron chi connectivity index (χ1n) is 4.37. The van der Waals surface area contributed by atoms with E-state index in [4.69, 9.17) is 0 Å². The third kappa shape index (κ3) is 1.75. The summed E-state index contributed by atoms with van der Waals surface area (Å²) >= 11 is 1.80. The van der Waals surface area contributed by atoms with Gasteiger partial charge in [0.25, 0.3) is 0 Å². The predicted octanol–water partition coefficient (Wildman–Crippen LogP) is 4.43. The Hall–Kier alpha value is -0.820. The van der Waals surface area contributed by atoms with Gasteiger partial charge in [0, 0.05) is 9.75 Å². The van der Waals surface area contributed by atoms with Crippen LogP contribution in [0.3, 0.4) is 0 Å². The molecular formula is C12H16S. The Labute approximate surface area is 84.6 Å². The van der Waals surface area contributed by atoms with Crippen LogP contribution in [0, 0.1) is 13.8 Å². The molecule has 0 fully saturated rings. The van der Waals surface area contributed by atoms with Crippen LogP contribution < -0.4 is 0 Å². The van der Waals surface area contributed by atoms with E-state index in [2.05, 4.69) is 40.9 Å². The summed E-state index contributed by atoms with van der Waals surface area (Å²) in [4.78, 5) is 2.63. The lowest BCUT2D eigenvalue weighted by atomic mass is 10.1. The standard InChI is InChI=1S/C12H16S/c1-7(2)11-9(5)10(6)12(13-11)8(3)4/h1,3H2,2,4-6H3. The van der Waals surface area contributed by atoms with Crippen LogP contribution in [0.2, 0.25) is 0 Å². The smallest absolute Gasteiger partial charge is 0.0332 e. The fourth-order valence-electron chi connectivity index (χ4n) is 1.41. The quantitative estimate of drug-likeness (QED) is 0.650. The van der Waals surface area contributed by atoms with E-state index < -0.39 is 0 Å². The maximum atomic E-state index is 3.98. The highest BCUT2D eigenvalue weighted by atomic mass is 32.1. The van der Waals surface area contributed by atoms with E-state index in [0.717, 1.165) is 11.1 Å². The van der Waals surface area contributed by atoms with Gasteiger partial charge in [-0.15, -0.1) is 11.3 Å². The van der Waals surface area contributed by atoms with Crippen LogP contribution >= 0.6 is 11.3 Å². The molecule has 0 nitrogen and oxygen atoms in total. The van der Waals surface area contributed by atoms with E-state index in [1.807, 2.05) is 0 Å². The Balaban J connectivity index is 3.36. The Morgan fingerprint density at radius 1 is 0.923 bits per heavy atom. The molecule has 0 atom stereocenters. The van der Waals surface area contributed by atoms with Crippen LogP contribution in [0.25, 0.3) is 11.1 Å². The van der Waals surface area contributed by atoms with E-state index in [-0.39, 0.29) is 0 Å². The molecule has 0 N–H and O–H groups in total. The highest BCUT2D eigenvalue weighted by Gasteiger charge is 2.11. The normalized spacial score (nSPS) is 10.2. The van der Waals surface area contributed by atoms with Crippen molar-refractivity contribution in [3.05, 3.63) is 34.0 Å². The highest BCUT2D eigenvalue weighted by molar-refractivity contribution is 7.14. The number of hydrogen-bond acceptors (Lipinski definition) is 1. The van der Waals surface area contributed by atoms with Gasteiger partial charge in [-0.1, -0.05) is 13.2 Å². The van der Waals surface area contributed by atoms with Gasteiger partial charge < -0.3 is 0 Å². The molecule has 1 aromatic heterocycles. The van der Waals surface area contributed by atoms with Gasteiger partial charge >= 0.3 is 0 Å². The second-order valence-electron chi connectivity index (χ2n) is 3.57. The minimum Gasteiger partial charge on any atom is -0.135 e. The lowest BCUT2D eigenvalue weighted by Crippen LogP contribution is -1.79. The average molecular weight is 192 g/mol. The molecule has 0 saturated heterocycles.